The van der Waals surface area contributed by atoms with Crippen molar-refractivity contribution >= 4 is 0 Å². The Kier molecular flexibility index (Phi) is 6.19. The normalized spacial score (nSPS) is 17.6. The van der Waals surface area contributed by atoms with Gasteiger partial charge >= 0.3 is 0 Å². The van der Waals surface area contributed by atoms with Crippen LogP contribution in [0.15, 0.2) is 24.3 Å². The molecule has 0 amide bonds. The third-order valence-corrected chi connectivity index (χ3v) is 3.95. The van der Waals surface area contributed by atoms with Crippen LogP contribution in [0, 0.1) is 11.3 Å². The second kappa shape index (κ2) is 8.14. The fourth-order valence-electron chi connectivity index (χ4n) is 2.50. The summed E-state index contributed by atoms with van der Waals surface area (Å²) in [6.07, 6.45) is 0. The van der Waals surface area contributed by atoms with Gasteiger partial charge in [-0.05, 0) is 17.0 Å². The number of benzene rings is 1. The Labute approximate surface area is 127 Å². The van der Waals surface area contributed by atoms with E-state index in [1.165, 1.54) is 5.56 Å². The lowest BCUT2D eigenvalue weighted by molar-refractivity contribution is 0.0383. The topological polar surface area (TPSA) is 48.3 Å². The van der Waals surface area contributed by atoms with Crippen molar-refractivity contribution in [3.63, 3.8) is 0 Å². The van der Waals surface area contributed by atoms with Gasteiger partial charge in [-0.15, -0.1) is 0 Å². The van der Waals surface area contributed by atoms with Crippen molar-refractivity contribution in [3.8, 4) is 6.07 Å². The molecule has 0 aliphatic carbocycles. The zero-order valence-corrected chi connectivity index (χ0v) is 13.0. The second-order valence-electron chi connectivity index (χ2n) is 5.79. The summed E-state index contributed by atoms with van der Waals surface area (Å²) in [4.78, 5) is 2.37. The van der Waals surface area contributed by atoms with Gasteiger partial charge in [0.05, 0.1) is 19.3 Å². The molecule has 0 spiro atoms. The number of morpholine rings is 1. The molecule has 1 atom stereocenters. The molecule has 0 radical (unpaired) electrons. The zero-order chi connectivity index (χ0) is 15.1. The van der Waals surface area contributed by atoms with Crippen LogP contribution in [0.2, 0.25) is 0 Å². The van der Waals surface area contributed by atoms with Crippen molar-refractivity contribution in [2.75, 3.05) is 39.4 Å². The lowest BCUT2D eigenvalue weighted by Crippen LogP contribution is -2.40. The van der Waals surface area contributed by atoms with E-state index in [9.17, 15) is 5.26 Å². The Bertz CT molecular complexity index is 458. The highest BCUT2D eigenvalue weighted by atomic mass is 16.5. The summed E-state index contributed by atoms with van der Waals surface area (Å²) in [5.74, 6) is 0.522. The van der Waals surface area contributed by atoms with Crippen LogP contribution in [0.1, 0.15) is 36.9 Å². The van der Waals surface area contributed by atoms with Crippen LogP contribution in [-0.2, 0) is 4.74 Å². The quantitative estimate of drug-likeness (QED) is 0.872. The van der Waals surface area contributed by atoms with E-state index in [0.29, 0.717) is 5.92 Å². The molecule has 1 aromatic carbocycles. The molecule has 1 saturated heterocycles. The summed E-state index contributed by atoms with van der Waals surface area (Å²) < 4.78 is 5.33. The lowest BCUT2D eigenvalue weighted by Gasteiger charge is -2.27. The van der Waals surface area contributed by atoms with Gasteiger partial charge in [-0.1, -0.05) is 38.1 Å². The Morgan fingerprint density at radius 2 is 1.81 bits per heavy atom. The van der Waals surface area contributed by atoms with Crippen molar-refractivity contribution < 1.29 is 4.74 Å². The highest BCUT2D eigenvalue weighted by molar-refractivity contribution is 5.29. The maximum atomic E-state index is 9.35. The average molecular weight is 287 g/mol. The van der Waals surface area contributed by atoms with Gasteiger partial charge in [0.1, 0.15) is 6.04 Å². The minimum atomic E-state index is -0.229. The van der Waals surface area contributed by atoms with Crippen LogP contribution in [-0.4, -0.2) is 44.3 Å². The molecule has 2 rings (SSSR count). The number of hydrogen-bond donors (Lipinski definition) is 1. The number of nitriles is 1. The van der Waals surface area contributed by atoms with E-state index in [0.717, 1.165) is 45.0 Å². The standard InChI is InChI=1S/C17H25N3O/c1-14(2)15-3-5-16(6-4-15)17(13-18)19-7-8-20-9-11-21-12-10-20/h3-6,14,17,19H,7-12H2,1-2H3. The Balaban J connectivity index is 1.83. The van der Waals surface area contributed by atoms with E-state index >= 15 is 0 Å². The zero-order valence-electron chi connectivity index (χ0n) is 13.0. The maximum Gasteiger partial charge on any atom is 0.121 e. The molecule has 114 valence electrons. The Hall–Kier alpha value is -1.41. The molecule has 1 unspecified atom stereocenters. The molecule has 1 aliphatic rings. The van der Waals surface area contributed by atoms with Gasteiger partial charge < -0.3 is 4.74 Å². The van der Waals surface area contributed by atoms with Crippen LogP contribution in [0.25, 0.3) is 0 Å². The first-order valence-electron chi connectivity index (χ1n) is 7.73. The van der Waals surface area contributed by atoms with E-state index < -0.39 is 0 Å². The first-order chi connectivity index (χ1) is 10.2. The number of hydrogen-bond acceptors (Lipinski definition) is 4. The van der Waals surface area contributed by atoms with Gasteiger partial charge in [-0.25, -0.2) is 0 Å². The monoisotopic (exact) mass is 287 g/mol. The highest BCUT2D eigenvalue weighted by Crippen LogP contribution is 2.18. The van der Waals surface area contributed by atoms with Gasteiger partial charge in [-0.3, -0.25) is 10.2 Å². The third kappa shape index (κ3) is 4.82. The molecule has 1 aromatic rings. The van der Waals surface area contributed by atoms with E-state index in [2.05, 4.69) is 54.4 Å². The van der Waals surface area contributed by atoms with Crippen molar-refractivity contribution in [2.45, 2.75) is 25.8 Å². The maximum absolute atomic E-state index is 9.35. The first-order valence-corrected chi connectivity index (χ1v) is 7.73. The minimum absolute atomic E-state index is 0.229. The molecule has 0 bridgehead atoms. The Morgan fingerprint density at radius 1 is 1.19 bits per heavy atom. The van der Waals surface area contributed by atoms with Crippen LogP contribution in [0.4, 0.5) is 0 Å². The van der Waals surface area contributed by atoms with Gasteiger partial charge in [0.25, 0.3) is 0 Å². The molecule has 1 N–H and O–H groups in total. The van der Waals surface area contributed by atoms with Crippen molar-refractivity contribution in [1.29, 1.82) is 5.26 Å². The van der Waals surface area contributed by atoms with Gasteiger partial charge in [-0.2, -0.15) is 5.26 Å². The molecular weight excluding hydrogens is 262 g/mol. The summed E-state index contributed by atoms with van der Waals surface area (Å²) in [7, 11) is 0. The van der Waals surface area contributed by atoms with Crippen molar-refractivity contribution in [3.05, 3.63) is 35.4 Å². The lowest BCUT2D eigenvalue weighted by atomic mass is 9.99. The van der Waals surface area contributed by atoms with Crippen molar-refractivity contribution in [2.24, 2.45) is 0 Å². The molecule has 1 aliphatic heterocycles. The molecule has 4 heteroatoms. The van der Waals surface area contributed by atoms with E-state index in [1.54, 1.807) is 0 Å². The minimum Gasteiger partial charge on any atom is -0.379 e. The second-order valence-corrected chi connectivity index (χ2v) is 5.79. The molecule has 21 heavy (non-hydrogen) atoms. The van der Waals surface area contributed by atoms with E-state index in [4.69, 9.17) is 4.74 Å². The highest BCUT2D eigenvalue weighted by Gasteiger charge is 2.13. The summed E-state index contributed by atoms with van der Waals surface area (Å²) >= 11 is 0. The van der Waals surface area contributed by atoms with Crippen LogP contribution in [0.3, 0.4) is 0 Å². The molecule has 4 nitrogen and oxygen atoms in total. The van der Waals surface area contributed by atoms with Gasteiger partial charge in [0.15, 0.2) is 0 Å². The first kappa shape index (κ1) is 16.0. The van der Waals surface area contributed by atoms with Crippen LogP contribution < -0.4 is 5.32 Å². The van der Waals surface area contributed by atoms with Gasteiger partial charge in [0, 0.05) is 26.2 Å². The predicted molar refractivity (Wildman–Crippen MR) is 84.1 cm³/mol. The molecule has 1 fully saturated rings. The largest absolute Gasteiger partial charge is 0.379 e. The Morgan fingerprint density at radius 3 is 2.38 bits per heavy atom. The predicted octanol–water partition coefficient (Wildman–Crippen LogP) is 2.30. The smallest absolute Gasteiger partial charge is 0.121 e. The fraction of sp³-hybridized carbons (Fsp3) is 0.588. The number of ether oxygens (including phenoxy) is 1. The molecular formula is C17H25N3O. The van der Waals surface area contributed by atoms with Crippen molar-refractivity contribution in [1.82, 2.24) is 10.2 Å². The summed E-state index contributed by atoms with van der Waals surface area (Å²) in [5, 5.41) is 12.7. The van der Waals surface area contributed by atoms with E-state index in [-0.39, 0.29) is 6.04 Å². The van der Waals surface area contributed by atoms with Crippen LogP contribution in [0.5, 0.6) is 0 Å². The SMILES string of the molecule is CC(C)c1ccc(C(C#N)NCCN2CCOCC2)cc1. The number of nitrogens with one attached hydrogen (secondary N) is 1. The number of nitrogens with zero attached hydrogens (tertiary/aromatic N) is 2. The summed E-state index contributed by atoms with van der Waals surface area (Å²) in [5.41, 5.74) is 2.35. The van der Waals surface area contributed by atoms with E-state index in [1.807, 2.05) is 0 Å². The summed E-state index contributed by atoms with van der Waals surface area (Å²) in [6.45, 7) is 9.76. The average Bonchev–Trinajstić information content (AvgIpc) is 2.53. The fourth-order valence-corrected chi connectivity index (χ4v) is 2.50. The van der Waals surface area contributed by atoms with Gasteiger partial charge in [0.2, 0.25) is 0 Å². The molecule has 1 heterocycles. The third-order valence-electron chi connectivity index (χ3n) is 3.95. The molecule has 0 aromatic heterocycles. The summed E-state index contributed by atoms with van der Waals surface area (Å²) in [6, 6.07) is 10.5. The van der Waals surface area contributed by atoms with Crippen LogP contribution >= 0.6 is 0 Å². The molecule has 0 saturated carbocycles. The number of rotatable bonds is 6.